The summed E-state index contributed by atoms with van der Waals surface area (Å²) in [5, 5.41) is 9.23. The number of aromatic hydroxyl groups is 1. The topological polar surface area (TPSA) is 41.0 Å². The minimum Gasteiger partial charge on any atom is -0.493 e. The Labute approximate surface area is 96.9 Å². The van der Waals surface area contributed by atoms with Crippen molar-refractivity contribution in [3.63, 3.8) is 0 Å². The Balaban J connectivity index is 2.45. The lowest BCUT2D eigenvalue weighted by atomic mass is 10.2. The van der Waals surface area contributed by atoms with Gasteiger partial charge in [-0.25, -0.2) is 0 Å². The molecule has 0 amide bonds. The molecule has 1 aromatic carbocycles. The number of hydrogen-bond donors (Lipinski definition) is 2. The second kappa shape index (κ2) is 4.08. The molecule has 1 aromatic heterocycles. The fraction of sp³-hybridized carbons (Fsp3) is 0.100. The molecule has 2 aromatic rings. The average molecular weight is 241 g/mol. The average Bonchev–Trinajstić information content (AvgIpc) is 2.58. The van der Waals surface area contributed by atoms with E-state index in [2.05, 4.69) is 4.98 Å². The van der Waals surface area contributed by atoms with Crippen LogP contribution in [0.5, 0.6) is 5.88 Å². The van der Waals surface area contributed by atoms with E-state index in [0.717, 1.165) is 11.3 Å². The summed E-state index contributed by atoms with van der Waals surface area (Å²) >= 11 is 10.7. The van der Waals surface area contributed by atoms with Crippen molar-refractivity contribution in [2.24, 2.45) is 0 Å². The predicted molar refractivity (Wildman–Crippen MR) is 62.2 cm³/mol. The molecule has 5 heteroatoms. The Morgan fingerprint density at radius 3 is 2.47 bits per heavy atom. The van der Waals surface area contributed by atoms with Crippen LogP contribution in [0.25, 0.3) is 5.69 Å². The fourth-order valence-electron chi connectivity index (χ4n) is 1.32. The van der Waals surface area contributed by atoms with Crippen molar-refractivity contribution in [2.75, 3.05) is 0 Å². The van der Waals surface area contributed by atoms with Crippen LogP contribution in [0.3, 0.4) is 0 Å². The van der Waals surface area contributed by atoms with Gasteiger partial charge in [0.05, 0.1) is 6.20 Å². The highest BCUT2D eigenvalue weighted by Gasteiger charge is 2.00. The molecule has 0 bridgehead atoms. The number of imidazole rings is 1. The number of nitrogens with zero attached hydrogens (tertiary/aromatic N) is 1. The molecule has 3 nitrogen and oxygen atoms in total. The molecule has 0 saturated heterocycles. The third-order valence-corrected chi connectivity index (χ3v) is 2.68. The van der Waals surface area contributed by atoms with Crippen molar-refractivity contribution < 1.29 is 5.11 Å². The number of aromatic amines is 1. The standard InChI is InChI=1S/C10H9ClN2OS/c11-5-7-1-3-8(4-2-7)13-6-9(14)12-10(13)15/h1-4,6,14H,5H2,(H,12,15). The van der Waals surface area contributed by atoms with Crippen molar-refractivity contribution in [1.29, 1.82) is 0 Å². The number of aromatic nitrogens is 2. The van der Waals surface area contributed by atoms with Gasteiger partial charge in [-0.05, 0) is 29.9 Å². The third kappa shape index (κ3) is 2.06. The number of rotatable bonds is 2. The van der Waals surface area contributed by atoms with Crippen LogP contribution in [0.15, 0.2) is 30.5 Å². The van der Waals surface area contributed by atoms with Crippen molar-refractivity contribution in [1.82, 2.24) is 9.55 Å². The summed E-state index contributed by atoms with van der Waals surface area (Å²) in [6.45, 7) is 0. The Bertz CT molecular complexity index is 515. The molecule has 0 aliphatic rings. The van der Waals surface area contributed by atoms with E-state index < -0.39 is 0 Å². The maximum atomic E-state index is 9.23. The van der Waals surface area contributed by atoms with Crippen molar-refractivity contribution in [2.45, 2.75) is 5.88 Å². The molecule has 15 heavy (non-hydrogen) atoms. The summed E-state index contributed by atoms with van der Waals surface area (Å²) in [6, 6.07) is 7.66. The molecule has 0 saturated carbocycles. The van der Waals surface area contributed by atoms with Gasteiger partial charge >= 0.3 is 0 Å². The zero-order valence-corrected chi connectivity index (χ0v) is 9.35. The highest BCUT2D eigenvalue weighted by atomic mass is 35.5. The highest BCUT2D eigenvalue weighted by Crippen LogP contribution is 2.15. The van der Waals surface area contributed by atoms with E-state index >= 15 is 0 Å². The molecule has 2 N–H and O–H groups in total. The van der Waals surface area contributed by atoms with Gasteiger partial charge in [-0.3, -0.25) is 4.57 Å². The van der Waals surface area contributed by atoms with Gasteiger partial charge in [0.2, 0.25) is 5.88 Å². The largest absolute Gasteiger partial charge is 0.493 e. The first-order chi connectivity index (χ1) is 7.20. The van der Waals surface area contributed by atoms with E-state index in [9.17, 15) is 5.11 Å². The Morgan fingerprint density at radius 2 is 2.00 bits per heavy atom. The molecule has 78 valence electrons. The molecule has 0 radical (unpaired) electrons. The van der Waals surface area contributed by atoms with E-state index in [1.165, 1.54) is 6.20 Å². The lowest BCUT2D eigenvalue weighted by Crippen LogP contribution is -1.91. The lowest BCUT2D eigenvalue weighted by molar-refractivity contribution is 0.456. The maximum absolute atomic E-state index is 9.23. The van der Waals surface area contributed by atoms with E-state index in [1.54, 1.807) is 4.57 Å². The quantitative estimate of drug-likeness (QED) is 0.626. The summed E-state index contributed by atoms with van der Waals surface area (Å²) in [4.78, 5) is 2.64. The summed E-state index contributed by atoms with van der Waals surface area (Å²) in [5.74, 6) is 0.547. The highest BCUT2D eigenvalue weighted by molar-refractivity contribution is 7.71. The Kier molecular flexibility index (Phi) is 2.79. The summed E-state index contributed by atoms with van der Waals surface area (Å²) in [5.41, 5.74) is 1.94. The van der Waals surface area contributed by atoms with Gasteiger partial charge in [0.1, 0.15) is 0 Å². The van der Waals surface area contributed by atoms with Crippen LogP contribution < -0.4 is 0 Å². The molecule has 2 rings (SSSR count). The van der Waals surface area contributed by atoms with E-state index in [1.807, 2.05) is 24.3 Å². The molecular formula is C10H9ClN2OS. The van der Waals surface area contributed by atoms with E-state index in [-0.39, 0.29) is 5.88 Å². The maximum Gasteiger partial charge on any atom is 0.207 e. The molecule has 0 spiro atoms. The molecule has 0 atom stereocenters. The van der Waals surface area contributed by atoms with Crippen LogP contribution in [0.2, 0.25) is 0 Å². The smallest absolute Gasteiger partial charge is 0.207 e. The van der Waals surface area contributed by atoms with E-state index in [0.29, 0.717) is 10.7 Å². The van der Waals surface area contributed by atoms with E-state index in [4.69, 9.17) is 23.8 Å². The molecule has 0 fully saturated rings. The number of benzene rings is 1. The first-order valence-corrected chi connectivity index (χ1v) is 5.31. The summed E-state index contributed by atoms with van der Waals surface area (Å²) in [6.07, 6.45) is 1.54. The van der Waals surface area contributed by atoms with Crippen molar-refractivity contribution in [3.8, 4) is 11.6 Å². The Morgan fingerprint density at radius 1 is 1.33 bits per heavy atom. The van der Waals surface area contributed by atoms with Gasteiger partial charge < -0.3 is 10.1 Å². The van der Waals surface area contributed by atoms with Crippen LogP contribution >= 0.6 is 23.8 Å². The predicted octanol–water partition coefficient (Wildman–Crippen LogP) is 2.98. The zero-order valence-electron chi connectivity index (χ0n) is 7.77. The van der Waals surface area contributed by atoms with Crippen LogP contribution in [0.1, 0.15) is 5.56 Å². The minimum atomic E-state index is 0.0569. The SMILES string of the molecule is Oc1cn(-c2ccc(CCl)cc2)c(=S)[nH]1. The number of H-pyrrole nitrogens is 1. The monoisotopic (exact) mass is 240 g/mol. The molecule has 1 heterocycles. The van der Waals surface area contributed by atoms with Crippen LogP contribution in [-0.4, -0.2) is 14.7 Å². The third-order valence-electron chi connectivity index (χ3n) is 2.07. The molecule has 0 aliphatic heterocycles. The second-order valence-corrected chi connectivity index (χ2v) is 3.77. The zero-order chi connectivity index (χ0) is 10.8. The van der Waals surface area contributed by atoms with Crippen LogP contribution in [-0.2, 0) is 5.88 Å². The normalized spacial score (nSPS) is 10.5. The molecule has 0 unspecified atom stereocenters. The summed E-state index contributed by atoms with van der Waals surface area (Å²) in [7, 11) is 0. The number of nitrogens with one attached hydrogen (secondary N) is 1. The molecular weight excluding hydrogens is 232 g/mol. The van der Waals surface area contributed by atoms with Gasteiger partial charge in [0.15, 0.2) is 4.77 Å². The Hall–Kier alpha value is -1.26. The molecule has 0 aliphatic carbocycles. The van der Waals surface area contributed by atoms with Gasteiger partial charge in [0, 0.05) is 11.6 Å². The van der Waals surface area contributed by atoms with Crippen LogP contribution in [0.4, 0.5) is 0 Å². The van der Waals surface area contributed by atoms with Crippen LogP contribution in [0, 0.1) is 4.77 Å². The summed E-state index contributed by atoms with van der Waals surface area (Å²) < 4.78 is 2.16. The number of alkyl halides is 1. The van der Waals surface area contributed by atoms with Gasteiger partial charge in [-0.1, -0.05) is 12.1 Å². The van der Waals surface area contributed by atoms with Crippen molar-refractivity contribution >= 4 is 23.8 Å². The second-order valence-electron chi connectivity index (χ2n) is 3.11. The van der Waals surface area contributed by atoms with Crippen molar-refractivity contribution in [3.05, 3.63) is 40.8 Å². The van der Waals surface area contributed by atoms with Gasteiger partial charge in [-0.15, -0.1) is 11.6 Å². The van der Waals surface area contributed by atoms with Gasteiger partial charge in [-0.2, -0.15) is 0 Å². The van der Waals surface area contributed by atoms with Gasteiger partial charge in [0.25, 0.3) is 0 Å². The minimum absolute atomic E-state index is 0.0569. The number of hydrogen-bond acceptors (Lipinski definition) is 2. The first-order valence-electron chi connectivity index (χ1n) is 4.36. The number of halogens is 1. The fourth-order valence-corrected chi connectivity index (χ4v) is 1.76. The first kappa shape index (κ1) is 10.3. The lowest BCUT2D eigenvalue weighted by Gasteiger charge is -2.02.